The molecule has 0 saturated heterocycles. The summed E-state index contributed by atoms with van der Waals surface area (Å²) in [7, 11) is -13.3. The predicted molar refractivity (Wildman–Crippen MR) is 316 cm³/mol. The molecule has 1 atom stereocenters. The van der Waals surface area contributed by atoms with Crippen LogP contribution < -0.4 is 31.4 Å². The first-order chi connectivity index (χ1) is 37.8. The van der Waals surface area contributed by atoms with Crippen molar-refractivity contribution in [2.24, 2.45) is 0 Å². The molecule has 0 spiro atoms. The van der Waals surface area contributed by atoms with Crippen molar-refractivity contribution in [1.82, 2.24) is 10.6 Å². The van der Waals surface area contributed by atoms with Crippen molar-refractivity contribution in [3.63, 3.8) is 0 Å². The fourth-order valence-electron chi connectivity index (χ4n) is 9.65. The molecule has 1 heterocycles. The van der Waals surface area contributed by atoms with E-state index in [9.17, 15) is 53.3 Å². The summed E-state index contributed by atoms with van der Waals surface area (Å²) in [5, 5.41) is 8.38. The monoisotopic (exact) mass is 1170 g/mol. The van der Waals surface area contributed by atoms with Crippen molar-refractivity contribution < 1.29 is 58.0 Å². The van der Waals surface area contributed by atoms with Crippen molar-refractivity contribution in [3.8, 4) is 0 Å². The lowest BCUT2D eigenvalue weighted by atomic mass is 9.76. The van der Waals surface area contributed by atoms with Gasteiger partial charge in [-0.25, -0.2) is 4.79 Å². The van der Waals surface area contributed by atoms with E-state index in [1.165, 1.54) is 31.4 Å². The minimum atomic E-state index is -4.63. The molecule has 1 aliphatic rings. The Morgan fingerprint density at radius 3 is 1.95 bits per heavy atom. The maximum absolute atomic E-state index is 13.5. The Bertz CT molecular complexity index is 3520. The number of ether oxygens (including phenoxy) is 1. The summed E-state index contributed by atoms with van der Waals surface area (Å²) >= 11 is 0. The highest BCUT2D eigenvalue weighted by atomic mass is 32.2. The fraction of sp³-hybridized carbons (Fsp3) is 0.283. The van der Waals surface area contributed by atoms with Crippen LogP contribution in [-0.2, 0) is 50.7 Å². The number of nitrogens with zero attached hydrogens (tertiary/aromatic N) is 1. The highest BCUT2D eigenvalue weighted by molar-refractivity contribution is 7.86. The Balaban J connectivity index is 1.10. The van der Waals surface area contributed by atoms with Gasteiger partial charge in [0.15, 0.2) is 0 Å². The van der Waals surface area contributed by atoms with Crippen LogP contribution >= 0.6 is 7.92 Å². The largest absolute Gasteiger partial charge is 0.465 e. The third-order valence-corrected chi connectivity index (χ3v) is 19.0. The fourth-order valence-corrected chi connectivity index (χ4v) is 13.6. The number of fused-ring (bicyclic) bond motifs is 1. The summed E-state index contributed by atoms with van der Waals surface area (Å²) in [6, 6.07) is 33.1. The molecule has 1 unspecified atom stereocenters. The predicted octanol–water partition coefficient (Wildman–Crippen LogP) is 8.97. The van der Waals surface area contributed by atoms with Crippen LogP contribution in [-0.4, -0.2) is 89.2 Å². The normalized spacial score (nSPS) is 15.5. The van der Waals surface area contributed by atoms with E-state index in [1.807, 2.05) is 99.3 Å². The number of esters is 1. The number of hydrogen-bond donors (Lipinski definition) is 5. The first kappa shape index (κ1) is 62.4. The maximum atomic E-state index is 13.5. The van der Waals surface area contributed by atoms with Gasteiger partial charge in [0.25, 0.3) is 36.3 Å². The number of allylic oxidation sites excluding steroid dienone is 9. The van der Waals surface area contributed by atoms with Gasteiger partial charge in [0.05, 0.1) is 28.2 Å². The van der Waals surface area contributed by atoms with E-state index in [-0.39, 0.29) is 54.0 Å². The number of aryl methyl sites for hydroxylation is 1. The van der Waals surface area contributed by atoms with Crippen molar-refractivity contribution >= 4 is 77.7 Å². The Kier molecular flexibility index (Phi) is 21.1. The summed E-state index contributed by atoms with van der Waals surface area (Å²) in [5.74, 6) is -1.64. The third kappa shape index (κ3) is 16.2. The summed E-state index contributed by atoms with van der Waals surface area (Å²) in [6.07, 6.45) is 14.6. The number of rotatable bonds is 26. The number of anilines is 1. The number of hydrogen-bond acceptors (Lipinski definition) is 11. The average molecular weight is 1170 g/mol. The zero-order valence-electron chi connectivity index (χ0n) is 45.3. The number of amides is 2. The van der Waals surface area contributed by atoms with Crippen molar-refractivity contribution in [2.75, 3.05) is 37.4 Å². The lowest BCUT2D eigenvalue weighted by Crippen LogP contribution is -2.35. The maximum Gasteiger partial charge on any atom is 0.338 e. The van der Waals surface area contributed by atoms with Gasteiger partial charge in [0, 0.05) is 59.1 Å². The molecule has 0 fully saturated rings. The molecule has 6 rings (SSSR count). The quantitative estimate of drug-likeness (QED) is 0.0114. The van der Waals surface area contributed by atoms with Crippen LogP contribution in [0.15, 0.2) is 185 Å². The van der Waals surface area contributed by atoms with E-state index in [0.29, 0.717) is 70.3 Å². The van der Waals surface area contributed by atoms with E-state index in [0.717, 1.165) is 16.2 Å². The summed E-state index contributed by atoms with van der Waals surface area (Å²) < 4.78 is 107. The van der Waals surface area contributed by atoms with Crippen LogP contribution in [0.25, 0.3) is 0 Å². The first-order valence-electron chi connectivity index (χ1n) is 25.8. The molecule has 5 N–H and O–H groups in total. The van der Waals surface area contributed by atoms with Gasteiger partial charge in [-0.05, 0) is 135 Å². The molecular weight excluding hydrogens is 1100 g/mol. The molecule has 424 valence electrons. The Morgan fingerprint density at radius 2 is 1.32 bits per heavy atom. The van der Waals surface area contributed by atoms with Gasteiger partial charge in [-0.2, -0.15) is 25.3 Å². The second-order valence-electron chi connectivity index (χ2n) is 20.0. The minimum Gasteiger partial charge on any atom is -0.465 e. The van der Waals surface area contributed by atoms with Gasteiger partial charge in [-0.15, -0.1) is 0 Å². The smallest absolute Gasteiger partial charge is 0.338 e. The van der Waals surface area contributed by atoms with Crippen LogP contribution in [0.4, 0.5) is 5.69 Å². The molecule has 5 aromatic carbocycles. The SMILES string of the molecule is C=C(/C=C/C=C/C=C/C=C1/N(CCCCCC(=O)NCCNC(=O)c2ccc(C(=O)OC)c(P(c3ccccc3)c3ccccc3)c2)c2ccc(S(=O)(=O)O)cc2C1(C)CCCS(=O)(=O)O)C(C)(C)c1cc(S(=O)(=O)O)ccc1C. The van der Waals surface area contributed by atoms with Gasteiger partial charge < -0.3 is 20.3 Å². The highest BCUT2D eigenvalue weighted by Gasteiger charge is 2.44. The van der Waals surface area contributed by atoms with Gasteiger partial charge in [0.1, 0.15) is 0 Å². The topological polar surface area (TPSA) is 251 Å². The number of benzene rings is 5. The summed E-state index contributed by atoms with van der Waals surface area (Å²) in [4.78, 5) is 41.0. The van der Waals surface area contributed by atoms with Crippen LogP contribution in [0.2, 0.25) is 0 Å². The molecule has 16 nitrogen and oxygen atoms in total. The number of carbonyl (C=O) groups is 3. The standard InChI is InChI=1S/C60H68N3O13PS3/c1-43-29-31-48(79(70,71)72)41-51(43)59(3,4)44(2)22-13-8-7-9-18-27-55-60(5,35-21-39-78(67,68)69)52-42-49(80(73,74)75)32-34-53(52)63(55)38-20-12-19-28-56(64)61-36-37-62-57(65)45-30-33-50(58(66)76-6)54(40-45)77(46-23-14-10-15-24-46)47-25-16-11-17-26-47/h7-11,13-18,22-27,29-34,40-42H,2,12,19-21,28,35-39H2,1,3-6H3,(H,61,64)(H,62,65)(H,67,68,69)(H,70,71,72)(H,73,74,75)/b8-7+,18-9+,22-13+,55-27+. The van der Waals surface area contributed by atoms with E-state index in [1.54, 1.807) is 66.8 Å². The second-order valence-corrected chi connectivity index (χ2v) is 26.6. The van der Waals surface area contributed by atoms with E-state index < -0.39 is 60.8 Å². The van der Waals surface area contributed by atoms with Gasteiger partial charge >= 0.3 is 5.97 Å². The van der Waals surface area contributed by atoms with Crippen LogP contribution in [0.1, 0.15) is 96.7 Å². The molecule has 20 heteroatoms. The van der Waals surface area contributed by atoms with Gasteiger partial charge in [-0.3, -0.25) is 23.2 Å². The molecular formula is C60H68N3O13PS3. The molecule has 80 heavy (non-hydrogen) atoms. The minimum absolute atomic E-state index is 0.0266. The van der Waals surface area contributed by atoms with E-state index >= 15 is 0 Å². The number of nitrogens with one attached hydrogen (secondary N) is 2. The summed E-state index contributed by atoms with van der Waals surface area (Å²) in [5.41, 5.74) is 3.08. The van der Waals surface area contributed by atoms with E-state index in [4.69, 9.17) is 4.74 Å². The van der Waals surface area contributed by atoms with Crippen molar-refractivity contribution in [3.05, 3.63) is 203 Å². The molecule has 1 aliphatic heterocycles. The molecule has 0 bridgehead atoms. The van der Waals surface area contributed by atoms with Crippen LogP contribution in [0.5, 0.6) is 0 Å². The molecule has 2 amide bonds. The van der Waals surface area contributed by atoms with E-state index in [2.05, 4.69) is 17.2 Å². The lowest BCUT2D eigenvalue weighted by molar-refractivity contribution is -0.121. The van der Waals surface area contributed by atoms with Crippen molar-refractivity contribution in [2.45, 2.75) is 86.8 Å². The highest BCUT2D eigenvalue weighted by Crippen LogP contribution is 2.51. The third-order valence-electron chi connectivity index (χ3n) is 14.0. The average Bonchev–Trinajstić information content (AvgIpc) is 3.92. The number of unbranched alkanes of at least 4 members (excludes halogenated alkanes) is 2. The number of carbonyl (C=O) groups excluding carboxylic acids is 3. The molecule has 5 aromatic rings. The second kappa shape index (κ2) is 27.1. The lowest BCUT2D eigenvalue weighted by Gasteiger charge is -2.30. The van der Waals surface area contributed by atoms with Crippen LogP contribution in [0.3, 0.4) is 0 Å². The first-order valence-corrected chi connectivity index (χ1v) is 31.6. The van der Waals surface area contributed by atoms with Gasteiger partial charge in [0.2, 0.25) is 5.91 Å². The molecule has 0 aliphatic carbocycles. The number of methoxy groups -OCH3 is 1. The molecule has 0 aromatic heterocycles. The Labute approximate surface area is 471 Å². The zero-order valence-corrected chi connectivity index (χ0v) is 48.7. The molecule has 0 saturated carbocycles. The Morgan fingerprint density at radius 1 is 0.725 bits per heavy atom. The van der Waals surface area contributed by atoms with Crippen LogP contribution in [0, 0.1) is 6.92 Å². The van der Waals surface area contributed by atoms with Crippen molar-refractivity contribution in [1.29, 1.82) is 0 Å². The van der Waals surface area contributed by atoms with Gasteiger partial charge in [-0.1, -0.05) is 130 Å². The summed E-state index contributed by atoms with van der Waals surface area (Å²) in [6.45, 7) is 12.4. The zero-order chi connectivity index (χ0) is 58.5. The Hall–Kier alpha value is -6.83. The molecule has 0 radical (unpaired) electrons.